The average molecular weight is 436 g/mol. The lowest BCUT2D eigenvalue weighted by molar-refractivity contribution is -0.125. The molecule has 0 spiro atoms. The first kappa shape index (κ1) is 20.1. The Kier molecular flexibility index (Phi) is 5.25. The van der Waals surface area contributed by atoms with E-state index in [4.69, 9.17) is 11.6 Å². The van der Waals surface area contributed by atoms with Crippen molar-refractivity contribution in [3.05, 3.63) is 34.1 Å². The van der Waals surface area contributed by atoms with Crippen LogP contribution in [0.15, 0.2) is 28.3 Å². The molecule has 152 valence electrons. The molecule has 2 heterocycles. The van der Waals surface area contributed by atoms with Gasteiger partial charge in [0.05, 0.1) is 21.6 Å². The zero-order valence-corrected chi connectivity index (χ0v) is 17.6. The highest BCUT2D eigenvalue weighted by molar-refractivity contribution is 8.15. The number of aliphatic imine (C=N–C) groups is 1. The van der Waals surface area contributed by atoms with Crippen molar-refractivity contribution in [2.75, 3.05) is 11.9 Å². The molecule has 1 aliphatic carbocycles. The van der Waals surface area contributed by atoms with Crippen molar-refractivity contribution < 1.29 is 18.8 Å². The summed E-state index contributed by atoms with van der Waals surface area (Å²) in [5.74, 6) is -1.77. The van der Waals surface area contributed by atoms with Crippen LogP contribution in [0.4, 0.5) is 15.8 Å². The standard InChI is InChI=1S/C20H19ClFN3O3S/c1-3-16-19(28)24(2)20(29-16)23-14-9-15(13(22)8-12(14)21)25-17(26)10-6-4-5-7-11(10)18(25)27/h8-9,16H,3-7H2,1-2H3. The van der Waals surface area contributed by atoms with E-state index in [1.54, 1.807) is 7.05 Å². The predicted octanol–water partition coefficient (Wildman–Crippen LogP) is 4.19. The minimum absolute atomic E-state index is 0.0389. The number of nitrogens with zero attached hydrogens (tertiary/aromatic N) is 3. The van der Waals surface area contributed by atoms with Crippen molar-refractivity contribution in [3.63, 3.8) is 0 Å². The molecule has 0 bridgehead atoms. The highest BCUT2D eigenvalue weighted by Gasteiger charge is 2.41. The molecule has 1 aromatic carbocycles. The third kappa shape index (κ3) is 3.28. The molecule has 29 heavy (non-hydrogen) atoms. The fourth-order valence-electron chi connectivity index (χ4n) is 3.77. The lowest BCUT2D eigenvalue weighted by Crippen LogP contribution is -2.32. The Hall–Kier alpha value is -2.19. The van der Waals surface area contributed by atoms with Crippen molar-refractivity contribution >= 4 is 57.6 Å². The molecule has 1 fully saturated rings. The fourth-order valence-corrected chi connectivity index (χ4v) is 5.04. The normalized spacial score (nSPS) is 23.7. The maximum absolute atomic E-state index is 14.7. The van der Waals surface area contributed by atoms with E-state index in [0.29, 0.717) is 35.6 Å². The summed E-state index contributed by atoms with van der Waals surface area (Å²) < 4.78 is 14.7. The maximum Gasteiger partial charge on any atom is 0.261 e. The summed E-state index contributed by atoms with van der Waals surface area (Å²) in [6, 6.07) is 2.35. The summed E-state index contributed by atoms with van der Waals surface area (Å²) in [5.41, 5.74) is 0.992. The molecule has 1 aromatic rings. The molecule has 3 amide bonds. The largest absolute Gasteiger partial charge is 0.293 e. The number of hydrogen-bond donors (Lipinski definition) is 0. The van der Waals surface area contributed by atoms with Crippen LogP contribution in [0.5, 0.6) is 0 Å². The van der Waals surface area contributed by atoms with Crippen LogP contribution in [0.2, 0.25) is 5.02 Å². The summed E-state index contributed by atoms with van der Waals surface area (Å²) in [6.45, 7) is 1.91. The summed E-state index contributed by atoms with van der Waals surface area (Å²) in [6.07, 6.45) is 3.39. The van der Waals surface area contributed by atoms with Crippen LogP contribution >= 0.6 is 23.4 Å². The Morgan fingerprint density at radius 3 is 2.34 bits per heavy atom. The first-order valence-corrected chi connectivity index (χ1v) is 10.7. The van der Waals surface area contributed by atoms with Gasteiger partial charge < -0.3 is 0 Å². The number of hydrogen-bond acceptors (Lipinski definition) is 5. The van der Waals surface area contributed by atoms with Gasteiger partial charge in [0.2, 0.25) is 5.91 Å². The molecule has 1 unspecified atom stereocenters. The smallest absolute Gasteiger partial charge is 0.261 e. The molecule has 0 radical (unpaired) electrons. The summed E-state index contributed by atoms with van der Waals surface area (Å²) in [5, 5.41) is 0.255. The molecule has 1 atom stereocenters. The predicted molar refractivity (Wildman–Crippen MR) is 111 cm³/mol. The van der Waals surface area contributed by atoms with Crippen molar-refractivity contribution in [1.29, 1.82) is 0 Å². The SMILES string of the molecule is CCC1SC(=Nc2cc(N3C(=O)C4=C(CCCC4)C3=O)c(F)cc2Cl)N(C)C1=O. The Morgan fingerprint density at radius 2 is 1.79 bits per heavy atom. The number of anilines is 1. The third-order valence-corrected chi connectivity index (χ3v) is 7.07. The van der Waals surface area contributed by atoms with Gasteiger partial charge in [-0.05, 0) is 44.2 Å². The molecule has 4 rings (SSSR count). The molecular weight excluding hydrogens is 417 g/mol. The number of rotatable bonds is 3. The van der Waals surface area contributed by atoms with Crippen LogP contribution in [0.25, 0.3) is 0 Å². The average Bonchev–Trinajstić information content (AvgIpc) is 3.12. The molecule has 2 aliphatic heterocycles. The Labute approximate surface area is 176 Å². The van der Waals surface area contributed by atoms with Crippen LogP contribution < -0.4 is 4.90 Å². The quantitative estimate of drug-likeness (QED) is 0.667. The Morgan fingerprint density at radius 1 is 1.17 bits per heavy atom. The second kappa shape index (κ2) is 7.57. The summed E-state index contributed by atoms with van der Waals surface area (Å²) in [7, 11) is 1.62. The zero-order chi connectivity index (χ0) is 20.9. The lowest BCUT2D eigenvalue weighted by atomic mass is 9.93. The van der Waals surface area contributed by atoms with Gasteiger partial charge in [0.15, 0.2) is 5.17 Å². The summed E-state index contributed by atoms with van der Waals surface area (Å²) >= 11 is 7.49. The fraction of sp³-hybridized carbons (Fsp3) is 0.400. The number of benzene rings is 1. The van der Waals surface area contributed by atoms with Crippen molar-refractivity contribution in [1.82, 2.24) is 4.90 Å². The van der Waals surface area contributed by atoms with E-state index in [2.05, 4.69) is 4.99 Å². The number of halogens is 2. The third-order valence-electron chi connectivity index (χ3n) is 5.38. The van der Waals surface area contributed by atoms with Gasteiger partial charge in [0.25, 0.3) is 11.8 Å². The van der Waals surface area contributed by atoms with Gasteiger partial charge in [-0.3, -0.25) is 19.3 Å². The van der Waals surface area contributed by atoms with Gasteiger partial charge in [-0.2, -0.15) is 0 Å². The van der Waals surface area contributed by atoms with E-state index in [0.717, 1.165) is 23.8 Å². The first-order valence-electron chi connectivity index (χ1n) is 9.46. The van der Waals surface area contributed by atoms with Crippen molar-refractivity contribution in [2.24, 2.45) is 4.99 Å². The van der Waals surface area contributed by atoms with Gasteiger partial charge in [-0.25, -0.2) is 14.3 Å². The molecule has 1 saturated heterocycles. The van der Waals surface area contributed by atoms with Crippen LogP contribution in [0, 0.1) is 5.82 Å². The Balaban J connectivity index is 1.73. The van der Waals surface area contributed by atoms with Gasteiger partial charge in [0.1, 0.15) is 5.82 Å². The van der Waals surface area contributed by atoms with Gasteiger partial charge in [-0.1, -0.05) is 30.3 Å². The maximum atomic E-state index is 14.7. The van der Waals surface area contributed by atoms with Crippen LogP contribution in [-0.2, 0) is 14.4 Å². The zero-order valence-electron chi connectivity index (χ0n) is 16.0. The van der Waals surface area contributed by atoms with E-state index in [1.165, 1.54) is 22.7 Å². The topological polar surface area (TPSA) is 70.1 Å². The Bertz CT molecular complexity index is 979. The van der Waals surface area contributed by atoms with E-state index in [1.807, 2.05) is 6.92 Å². The number of carbonyl (C=O) groups excluding carboxylic acids is 3. The minimum atomic E-state index is -0.768. The van der Waals surface area contributed by atoms with Crippen molar-refractivity contribution in [2.45, 2.75) is 44.3 Å². The number of imide groups is 1. The van der Waals surface area contributed by atoms with Crippen LogP contribution in [0.3, 0.4) is 0 Å². The highest BCUT2D eigenvalue weighted by Crippen LogP contribution is 2.40. The molecule has 9 heteroatoms. The monoisotopic (exact) mass is 435 g/mol. The number of carbonyl (C=O) groups is 3. The number of thioether (sulfide) groups is 1. The lowest BCUT2D eigenvalue weighted by Gasteiger charge is -2.17. The molecule has 6 nitrogen and oxygen atoms in total. The first-order chi connectivity index (χ1) is 13.8. The van der Waals surface area contributed by atoms with E-state index >= 15 is 0 Å². The minimum Gasteiger partial charge on any atom is -0.293 e. The van der Waals surface area contributed by atoms with Crippen molar-refractivity contribution in [3.8, 4) is 0 Å². The van der Waals surface area contributed by atoms with Crippen LogP contribution in [0.1, 0.15) is 39.0 Å². The summed E-state index contributed by atoms with van der Waals surface area (Å²) in [4.78, 5) is 44.5. The van der Waals surface area contributed by atoms with Gasteiger partial charge >= 0.3 is 0 Å². The molecule has 0 saturated carbocycles. The van der Waals surface area contributed by atoms with Gasteiger partial charge in [-0.15, -0.1) is 0 Å². The number of amidine groups is 1. The molecule has 0 N–H and O–H groups in total. The van der Waals surface area contributed by atoms with Crippen LogP contribution in [-0.4, -0.2) is 40.1 Å². The highest BCUT2D eigenvalue weighted by atomic mass is 35.5. The van der Waals surface area contributed by atoms with E-state index < -0.39 is 17.6 Å². The molecular formula is C20H19ClFN3O3S. The van der Waals surface area contributed by atoms with E-state index in [-0.39, 0.29) is 27.6 Å². The van der Waals surface area contributed by atoms with E-state index in [9.17, 15) is 18.8 Å². The second-order valence-corrected chi connectivity index (χ2v) is 8.75. The number of amides is 3. The molecule has 0 aromatic heterocycles. The molecule has 3 aliphatic rings. The second-order valence-electron chi connectivity index (χ2n) is 7.17. The van der Waals surface area contributed by atoms with Gasteiger partial charge in [0, 0.05) is 18.2 Å².